The van der Waals surface area contributed by atoms with E-state index in [9.17, 15) is 14.4 Å². The Bertz CT molecular complexity index is 491. The van der Waals surface area contributed by atoms with Gasteiger partial charge in [-0.3, -0.25) is 14.5 Å². The summed E-state index contributed by atoms with van der Waals surface area (Å²) in [6, 6.07) is 0. The molecule has 6 nitrogen and oxygen atoms in total. The molecule has 0 spiro atoms. The largest absolute Gasteiger partial charge is 0.444 e. The average Bonchev–Trinajstić information content (AvgIpc) is 2.89. The normalized spacial score (nSPS) is 14.1. The summed E-state index contributed by atoms with van der Waals surface area (Å²) in [5, 5.41) is 2.78. The number of nitrogens with zero attached hydrogens (tertiary/aromatic N) is 1. The SMILES string of the molecule is CC(C)(C)OC(=O)NCCCCCCCCCCCCN1C(=O)C=CC1=O. The number of rotatable bonds is 13. The van der Waals surface area contributed by atoms with Gasteiger partial charge in [-0.15, -0.1) is 0 Å². The van der Waals surface area contributed by atoms with E-state index in [1.54, 1.807) is 0 Å². The van der Waals surface area contributed by atoms with Crippen LogP contribution in [0.3, 0.4) is 0 Å². The molecule has 6 heteroatoms. The lowest BCUT2D eigenvalue weighted by molar-refractivity contribution is -0.136. The van der Waals surface area contributed by atoms with Gasteiger partial charge in [0.15, 0.2) is 0 Å². The van der Waals surface area contributed by atoms with Crippen LogP contribution in [-0.4, -0.2) is 41.5 Å². The molecular formula is C21H36N2O4. The van der Waals surface area contributed by atoms with E-state index in [-0.39, 0.29) is 17.9 Å². The van der Waals surface area contributed by atoms with Crippen LogP contribution in [0.2, 0.25) is 0 Å². The van der Waals surface area contributed by atoms with Crippen molar-refractivity contribution in [1.82, 2.24) is 10.2 Å². The van der Waals surface area contributed by atoms with Crippen molar-refractivity contribution in [3.63, 3.8) is 0 Å². The van der Waals surface area contributed by atoms with Crippen LogP contribution in [0.1, 0.15) is 85.0 Å². The number of ether oxygens (including phenoxy) is 1. The molecule has 0 saturated heterocycles. The number of imide groups is 1. The smallest absolute Gasteiger partial charge is 0.407 e. The van der Waals surface area contributed by atoms with Gasteiger partial charge in [0.2, 0.25) is 0 Å². The number of carbonyl (C=O) groups excluding carboxylic acids is 3. The molecule has 1 N–H and O–H groups in total. The van der Waals surface area contributed by atoms with Gasteiger partial charge >= 0.3 is 6.09 Å². The first kappa shape index (κ1) is 23.2. The predicted molar refractivity (Wildman–Crippen MR) is 106 cm³/mol. The minimum absolute atomic E-state index is 0.179. The van der Waals surface area contributed by atoms with E-state index in [4.69, 9.17) is 4.74 Å². The lowest BCUT2D eigenvalue weighted by Crippen LogP contribution is -2.32. The number of amides is 3. The molecule has 0 aromatic carbocycles. The summed E-state index contributed by atoms with van der Waals surface area (Å²) < 4.78 is 5.19. The van der Waals surface area contributed by atoms with Crippen LogP contribution >= 0.6 is 0 Å². The van der Waals surface area contributed by atoms with E-state index in [0.717, 1.165) is 32.1 Å². The third-order valence-corrected chi connectivity index (χ3v) is 4.38. The summed E-state index contributed by atoms with van der Waals surface area (Å²) in [7, 11) is 0. The Morgan fingerprint density at radius 1 is 0.852 bits per heavy atom. The quantitative estimate of drug-likeness (QED) is 0.381. The minimum Gasteiger partial charge on any atom is -0.444 e. The summed E-state index contributed by atoms with van der Waals surface area (Å²) in [5.41, 5.74) is -0.440. The van der Waals surface area contributed by atoms with E-state index >= 15 is 0 Å². The minimum atomic E-state index is -0.440. The summed E-state index contributed by atoms with van der Waals surface area (Å²) in [6.07, 6.45) is 13.7. The van der Waals surface area contributed by atoms with Gasteiger partial charge in [0.1, 0.15) is 5.60 Å². The molecule has 154 valence electrons. The van der Waals surface area contributed by atoms with E-state index < -0.39 is 5.60 Å². The van der Waals surface area contributed by atoms with Crippen LogP contribution in [-0.2, 0) is 14.3 Å². The topological polar surface area (TPSA) is 75.7 Å². The highest BCUT2D eigenvalue weighted by Crippen LogP contribution is 2.12. The Balaban J connectivity index is 1.81. The Morgan fingerprint density at radius 2 is 1.30 bits per heavy atom. The van der Waals surface area contributed by atoms with Gasteiger partial charge < -0.3 is 10.1 Å². The molecule has 0 aliphatic carbocycles. The summed E-state index contributed by atoms with van der Waals surface area (Å²) in [6.45, 7) is 6.80. The third-order valence-electron chi connectivity index (χ3n) is 4.38. The van der Waals surface area contributed by atoms with E-state index in [2.05, 4.69) is 5.32 Å². The van der Waals surface area contributed by atoms with Gasteiger partial charge in [-0.05, 0) is 33.6 Å². The van der Waals surface area contributed by atoms with Crippen molar-refractivity contribution >= 4 is 17.9 Å². The van der Waals surface area contributed by atoms with Gasteiger partial charge in [-0.2, -0.15) is 0 Å². The van der Waals surface area contributed by atoms with Crippen molar-refractivity contribution in [3.05, 3.63) is 12.2 Å². The zero-order chi connectivity index (χ0) is 20.1. The number of hydrogen-bond donors (Lipinski definition) is 1. The number of hydrogen-bond acceptors (Lipinski definition) is 4. The molecule has 1 heterocycles. The molecular weight excluding hydrogens is 344 g/mol. The van der Waals surface area contributed by atoms with E-state index in [1.807, 2.05) is 20.8 Å². The molecule has 0 aromatic heterocycles. The predicted octanol–water partition coefficient (Wildman–Crippen LogP) is 4.34. The van der Waals surface area contributed by atoms with E-state index in [1.165, 1.54) is 49.2 Å². The molecule has 0 unspecified atom stereocenters. The van der Waals surface area contributed by atoms with Crippen LogP contribution in [0.25, 0.3) is 0 Å². The zero-order valence-electron chi connectivity index (χ0n) is 17.2. The molecule has 0 radical (unpaired) electrons. The van der Waals surface area contributed by atoms with Crippen LogP contribution < -0.4 is 5.32 Å². The molecule has 0 atom stereocenters. The Kier molecular flexibility index (Phi) is 10.8. The second-order valence-electron chi connectivity index (χ2n) is 8.13. The van der Waals surface area contributed by atoms with Crippen molar-refractivity contribution in [2.24, 2.45) is 0 Å². The molecule has 1 aliphatic rings. The van der Waals surface area contributed by atoms with Gasteiger partial charge in [0.05, 0.1) is 0 Å². The van der Waals surface area contributed by atoms with Gasteiger partial charge in [0, 0.05) is 25.2 Å². The summed E-state index contributed by atoms with van der Waals surface area (Å²) >= 11 is 0. The highest BCUT2D eigenvalue weighted by atomic mass is 16.6. The second-order valence-corrected chi connectivity index (χ2v) is 8.13. The maximum atomic E-state index is 11.5. The number of carbonyl (C=O) groups is 3. The molecule has 0 fully saturated rings. The van der Waals surface area contributed by atoms with Crippen molar-refractivity contribution in [1.29, 1.82) is 0 Å². The average molecular weight is 381 g/mol. The Hall–Kier alpha value is -1.85. The highest BCUT2D eigenvalue weighted by molar-refractivity contribution is 6.12. The first-order valence-corrected chi connectivity index (χ1v) is 10.3. The fraction of sp³-hybridized carbons (Fsp3) is 0.762. The zero-order valence-corrected chi connectivity index (χ0v) is 17.2. The van der Waals surface area contributed by atoms with Crippen molar-refractivity contribution < 1.29 is 19.1 Å². The fourth-order valence-corrected chi connectivity index (χ4v) is 2.97. The monoisotopic (exact) mass is 380 g/mol. The number of unbranched alkanes of at least 4 members (excludes halogenated alkanes) is 9. The van der Waals surface area contributed by atoms with Crippen molar-refractivity contribution in [3.8, 4) is 0 Å². The standard InChI is InChI=1S/C21H36N2O4/c1-21(2,3)27-20(26)22-16-12-10-8-6-4-5-7-9-11-13-17-23-18(24)14-15-19(23)25/h14-15H,4-13,16-17H2,1-3H3,(H,22,26). The first-order chi connectivity index (χ1) is 12.8. The number of nitrogens with one attached hydrogen (secondary N) is 1. The van der Waals surface area contributed by atoms with E-state index in [0.29, 0.717) is 13.1 Å². The lowest BCUT2D eigenvalue weighted by Gasteiger charge is -2.19. The third kappa shape index (κ3) is 11.5. The van der Waals surface area contributed by atoms with Gasteiger partial charge in [-0.1, -0.05) is 51.4 Å². The van der Waals surface area contributed by atoms with Gasteiger partial charge in [-0.25, -0.2) is 4.79 Å². The molecule has 0 aromatic rings. The van der Waals surface area contributed by atoms with Crippen LogP contribution in [0.5, 0.6) is 0 Å². The van der Waals surface area contributed by atoms with Crippen LogP contribution in [0.4, 0.5) is 4.79 Å². The first-order valence-electron chi connectivity index (χ1n) is 10.3. The molecule has 27 heavy (non-hydrogen) atoms. The molecule has 3 amide bonds. The second kappa shape index (κ2) is 12.5. The van der Waals surface area contributed by atoms with Crippen molar-refractivity contribution in [2.45, 2.75) is 90.6 Å². The molecule has 1 rings (SSSR count). The maximum absolute atomic E-state index is 11.5. The molecule has 0 bridgehead atoms. The van der Waals surface area contributed by atoms with Gasteiger partial charge in [0.25, 0.3) is 11.8 Å². The maximum Gasteiger partial charge on any atom is 0.407 e. The van der Waals surface area contributed by atoms with Crippen molar-refractivity contribution in [2.75, 3.05) is 13.1 Å². The summed E-state index contributed by atoms with van der Waals surface area (Å²) in [5.74, 6) is -0.359. The highest BCUT2D eigenvalue weighted by Gasteiger charge is 2.22. The molecule has 1 aliphatic heterocycles. The summed E-state index contributed by atoms with van der Waals surface area (Å²) in [4.78, 5) is 35.6. The van der Waals surface area contributed by atoms with Crippen LogP contribution in [0, 0.1) is 0 Å². The fourth-order valence-electron chi connectivity index (χ4n) is 2.97. The Morgan fingerprint density at radius 3 is 1.78 bits per heavy atom. The van der Waals surface area contributed by atoms with Crippen LogP contribution in [0.15, 0.2) is 12.2 Å². The lowest BCUT2D eigenvalue weighted by atomic mass is 10.1. The number of alkyl carbamates (subject to hydrolysis) is 1. The Labute approximate surface area is 163 Å². The molecule has 0 saturated carbocycles.